The van der Waals surface area contributed by atoms with Crippen molar-refractivity contribution in [3.8, 4) is 5.75 Å². The van der Waals surface area contributed by atoms with Crippen molar-refractivity contribution in [1.82, 2.24) is 4.90 Å². The first-order valence-electron chi connectivity index (χ1n) is 9.88. The summed E-state index contributed by atoms with van der Waals surface area (Å²) in [5, 5.41) is 0.546. The van der Waals surface area contributed by atoms with E-state index in [1.54, 1.807) is 55.5 Å². The zero-order valence-corrected chi connectivity index (χ0v) is 19.8. The van der Waals surface area contributed by atoms with Crippen LogP contribution in [0.1, 0.15) is 31.4 Å². The fraction of sp³-hybridized carbons (Fsp3) is 0.261. The molecule has 0 radical (unpaired) electrons. The lowest BCUT2D eigenvalue weighted by Gasteiger charge is -2.14. The first kappa shape index (κ1) is 24.2. The molecule has 0 unspecified atom stereocenters. The Balaban J connectivity index is 1.67. The molecule has 1 aliphatic rings. The average molecular weight is 494 g/mol. The summed E-state index contributed by atoms with van der Waals surface area (Å²) in [5.74, 6) is -0.569. The van der Waals surface area contributed by atoms with Gasteiger partial charge in [0.15, 0.2) is 0 Å². The van der Waals surface area contributed by atoms with Gasteiger partial charge in [-0.1, -0.05) is 48.3 Å². The van der Waals surface area contributed by atoms with Crippen LogP contribution in [-0.2, 0) is 20.9 Å². The minimum atomic E-state index is -0.612. The fourth-order valence-corrected chi connectivity index (χ4v) is 4.06. The molecule has 2 amide bonds. The number of carbonyl (C=O) groups is 3. The van der Waals surface area contributed by atoms with Crippen LogP contribution >= 0.6 is 35.0 Å². The SMILES string of the molecule is CC[C@H](C)OC(=O)CN1C(=O)S/C(=C/c2cccc(OCc3ccc(Cl)cc3Cl)c2)C1=O. The molecule has 1 aliphatic heterocycles. The van der Waals surface area contributed by atoms with Gasteiger partial charge >= 0.3 is 5.97 Å². The standard InChI is InChI=1S/C23H21Cl2NO5S/c1-3-14(2)31-21(27)12-26-22(28)20(32-23(26)29)10-15-5-4-6-18(9-15)30-13-16-7-8-17(24)11-19(16)25/h4-11,14H,3,12-13H2,1-2H3/b20-10+/t14-/m0/s1. The number of esters is 1. The summed E-state index contributed by atoms with van der Waals surface area (Å²) in [4.78, 5) is 37.9. The molecule has 0 aromatic heterocycles. The zero-order valence-electron chi connectivity index (χ0n) is 17.5. The highest BCUT2D eigenvalue weighted by Gasteiger charge is 2.36. The highest BCUT2D eigenvalue weighted by Crippen LogP contribution is 2.32. The van der Waals surface area contributed by atoms with Gasteiger partial charge in [-0.05, 0) is 61.0 Å². The van der Waals surface area contributed by atoms with Crippen LogP contribution in [0.5, 0.6) is 5.75 Å². The quantitative estimate of drug-likeness (QED) is 0.334. The smallest absolute Gasteiger partial charge is 0.326 e. The molecule has 0 aliphatic carbocycles. The number of rotatable bonds is 8. The molecule has 32 heavy (non-hydrogen) atoms. The van der Waals surface area contributed by atoms with Gasteiger partial charge in [-0.3, -0.25) is 19.3 Å². The molecule has 6 nitrogen and oxygen atoms in total. The largest absolute Gasteiger partial charge is 0.489 e. The summed E-state index contributed by atoms with van der Waals surface area (Å²) in [5.41, 5.74) is 1.46. The van der Waals surface area contributed by atoms with Gasteiger partial charge in [0.2, 0.25) is 0 Å². The van der Waals surface area contributed by atoms with E-state index in [1.807, 2.05) is 6.92 Å². The monoisotopic (exact) mass is 493 g/mol. The number of carbonyl (C=O) groups excluding carboxylic acids is 3. The highest BCUT2D eigenvalue weighted by atomic mass is 35.5. The summed E-state index contributed by atoms with van der Waals surface area (Å²) in [7, 11) is 0. The van der Waals surface area contributed by atoms with Gasteiger partial charge in [0.05, 0.1) is 11.0 Å². The van der Waals surface area contributed by atoms with Crippen LogP contribution in [0.4, 0.5) is 4.79 Å². The van der Waals surface area contributed by atoms with Crippen LogP contribution in [-0.4, -0.2) is 34.7 Å². The van der Waals surface area contributed by atoms with Crippen molar-refractivity contribution in [2.75, 3.05) is 6.54 Å². The molecular formula is C23H21Cl2NO5S. The second-order valence-electron chi connectivity index (χ2n) is 7.07. The van der Waals surface area contributed by atoms with Crippen LogP contribution in [0.2, 0.25) is 10.0 Å². The van der Waals surface area contributed by atoms with Crippen LogP contribution in [0, 0.1) is 0 Å². The Labute approximate surface area is 200 Å². The molecule has 0 N–H and O–H groups in total. The Hall–Kier alpha value is -2.48. The number of amides is 2. The fourth-order valence-electron chi connectivity index (χ4n) is 2.76. The van der Waals surface area contributed by atoms with E-state index in [0.29, 0.717) is 27.8 Å². The van der Waals surface area contributed by atoms with Crippen molar-refractivity contribution in [2.45, 2.75) is 33.0 Å². The third-order valence-corrected chi connectivity index (χ3v) is 6.13. The lowest BCUT2D eigenvalue weighted by atomic mass is 10.2. The van der Waals surface area contributed by atoms with E-state index in [9.17, 15) is 14.4 Å². The first-order chi connectivity index (χ1) is 15.3. The van der Waals surface area contributed by atoms with Crippen LogP contribution in [0.25, 0.3) is 6.08 Å². The van der Waals surface area contributed by atoms with E-state index in [2.05, 4.69) is 0 Å². The number of nitrogens with zero attached hydrogens (tertiary/aromatic N) is 1. The first-order valence-corrected chi connectivity index (χ1v) is 11.5. The number of halogens is 2. The van der Waals surface area contributed by atoms with Crippen LogP contribution < -0.4 is 4.74 Å². The third kappa shape index (κ3) is 6.28. The highest BCUT2D eigenvalue weighted by molar-refractivity contribution is 8.18. The summed E-state index contributed by atoms with van der Waals surface area (Å²) in [6, 6.07) is 12.2. The number of hydrogen-bond donors (Lipinski definition) is 0. The van der Waals surface area contributed by atoms with Gasteiger partial charge in [-0.25, -0.2) is 0 Å². The Bertz CT molecular complexity index is 1070. The second kappa shape index (κ2) is 10.9. The number of imide groups is 1. The molecule has 1 saturated heterocycles. The van der Waals surface area contributed by atoms with Crippen molar-refractivity contribution < 1.29 is 23.9 Å². The molecule has 0 spiro atoms. The van der Waals surface area contributed by atoms with Crippen LogP contribution in [0.3, 0.4) is 0 Å². The van der Waals surface area contributed by atoms with E-state index in [-0.39, 0.29) is 17.6 Å². The zero-order chi connectivity index (χ0) is 23.3. The van der Waals surface area contributed by atoms with Crippen LogP contribution in [0.15, 0.2) is 47.4 Å². The molecule has 2 aromatic carbocycles. The van der Waals surface area contributed by atoms with Gasteiger partial charge in [-0.15, -0.1) is 0 Å². The average Bonchev–Trinajstić information content (AvgIpc) is 3.00. The van der Waals surface area contributed by atoms with Crippen molar-refractivity contribution in [2.24, 2.45) is 0 Å². The number of hydrogen-bond acceptors (Lipinski definition) is 6. The second-order valence-corrected chi connectivity index (χ2v) is 8.91. The molecule has 0 bridgehead atoms. The van der Waals surface area contributed by atoms with E-state index in [1.165, 1.54) is 0 Å². The maximum atomic E-state index is 12.6. The molecule has 3 rings (SSSR count). The maximum Gasteiger partial charge on any atom is 0.326 e. The van der Waals surface area contributed by atoms with Gasteiger partial charge in [0, 0.05) is 15.6 Å². The summed E-state index contributed by atoms with van der Waals surface area (Å²) in [6.07, 6.45) is 1.96. The topological polar surface area (TPSA) is 72.9 Å². The molecule has 1 fully saturated rings. The Morgan fingerprint density at radius 1 is 1.19 bits per heavy atom. The molecule has 1 heterocycles. The Kier molecular flexibility index (Phi) is 8.23. The van der Waals surface area contributed by atoms with E-state index in [4.69, 9.17) is 32.7 Å². The molecule has 1 atom stereocenters. The molecule has 168 valence electrons. The van der Waals surface area contributed by atoms with Gasteiger partial charge < -0.3 is 9.47 Å². The summed E-state index contributed by atoms with van der Waals surface area (Å²) in [6.45, 7) is 3.47. The minimum Gasteiger partial charge on any atom is -0.489 e. The number of benzene rings is 2. The van der Waals surface area contributed by atoms with E-state index < -0.39 is 23.7 Å². The van der Waals surface area contributed by atoms with E-state index in [0.717, 1.165) is 22.2 Å². The third-order valence-electron chi connectivity index (χ3n) is 4.63. The minimum absolute atomic E-state index is 0.226. The summed E-state index contributed by atoms with van der Waals surface area (Å²) >= 11 is 12.9. The van der Waals surface area contributed by atoms with Gasteiger partial charge in [-0.2, -0.15) is 0 Å². The van der Waals surface area contributed by atoms with Crippen molar-refractivity contribution in [3.63, 3.8) is 0 Å². The predicted molar refractivity (Wildman–Crippen MR) is 126 cm³/mol. The summed E-state index contributed by atoms with van der Waals surface area (Å²) < 4.78 is 11.0. The maximum absolute atomic E-state index is 12.6. The molecular weight excluding hydrogens is 473 g/mol. The molecule has 2 aromatic rings. The lowest BCUT2D eigenvalue weighted by Crippen LogP contribution is -2.35. The lowest BCUT2D eigenvalue weighted by molar-refractivity contribution is -0.150. The molecule has 9 heteroatoms. The van der Waals surface area contributed by atoms with Gasteiger partial charge in [0.25, 0.3) is 11.1 Å². The van der Waals surface area contributed by atoms with Gasteiger partial charge in [0.1, 0.15) is 18.9 Å². The van der Waals surface area contributed by atoms with Crippen molar-refractivity contribution >= 4 is 58.2 Å². The normalized spacial score (nSPS) is 15.9. The van der Waals surface area contributed by atoms with E-state index >= 15 is 0 Å². The number of ether oxygens (including phenoxy) is 2. The molecule has 0 saturated carbocycles. The number of thioether (sulfide) groups is 1. The Morgan fingerprint density at radius 3 is 2.69 bits per heavy atom. The predicted octanol–water partition coefficient (Wildman–Crippen LogP) is 5.95. The van der Waals surface area contributed by atoms with Crippen molar-refractivity contribution in [1.29, 1.82) is 0 Å². The van der Waals surface area contributed by atoms with Crippen molar-refractivity contribution in [3.05, 3.63) is 68.5 Å². The Morgan fingerprint density at radius 2 is 1.97 bits per heavy atom.